The maximum Gasteiger partial charge on any atom is 0.261 e. The number of hydrogen-bond donors (Lipinski definition) is 2. The molecule has 0 unspecified atom stereocenters. The standard InChI is InChI=1S/C13H16BrN3O2/c1-8(18)6-15-7-11-9(2)13(19)17-4-3-10(14)5-12(17)16-11/h3-5,8,15,18H,6-7H2,1-2H3/t8-/m0/s1. The van der Waals surface area contributed by atoms with Crippen LogP contribution in [0.2, 0.25) is 0 Å². The van der Waals surface area contributed by atoms with Gasteiger partial charge < -0.3 is 10.4 Å². The Labute approximate surface area is 119 Å². The number of aromatic nitrogens is 2. The second-order valence-corrected chi connectivity index (χ2v) is 5.46. The van der Waals surface area contributed by atoms with E-state index < -0.39 is 6.10 Å². The molecule has 0 aromatic carbocycles. The minimum atomic E-state index is -0.420. The van der Waals surface area contributed by atoms with Crippen LogP contribution in [-0.4, -0.2) is 27.1 Å². The van der Waals surface area contributed by atoms with E-state index in [-0.39, 0.29) is 5.56 Å². The monoisotopic (exact) mass is 325 g/mol. The third-order valence-electron chi connectivity index (χ3n) is 2.85. The van der Waals surface area contributed by atoms with Crippen LogP contribution in [-0.2, 0) is 6.54 Å². The van der Waals surface area contributed by atoms with Gasteiger partial charge in [-0.25, -0.2) is 4.98 Å². The van der Waals surface area contributed by atoms with E-state index in [0.717, 1.165) is 4.47 Å². The maximum absolute atomic E-state index is 12.2. The van der Waals surface area contributed by atoms with Crippen molar-refractivity contribution in [1.29, 1.82) is 0 Å². The molecule has 0 amide bonds. The highest BCUT2D eigenvalue weighted by Gasteiger charge is 2.09. The molecule has 0 bridgehead atoms. The number of fused-ring (bicyclic) bond motifs is 1. The van der Waals surface area contributed by atoms with E-state index in [4.69, 9.17) is 0 Å². The molecule has 5 nitrogen and oxygen atoms in total. The van der Waals surface area contributed by atoms with Gasteiger partial charge in [0.2, 0.25) is 0 Å². The molecule has 0 fully saturated rings. The van der Waals surface area contributed by atoms with Crippen LogP contribution in [0.25, 0.3) is 5.65 Å². The van der Waals surface area contributed by atoms with Crippen molar-refractivity contribution in [2.45, 2.75) is 26.5 Å². The Hall–Kier alpha value is -1.24. The normalized spacial score (nSPS) is 12.8. The summed E-state index contributed by atoms with van der Waals surface area (Å²) in [5, 5.41) is 12.3. The van der Waals surface area contributed by atoms with E-state index in [2.05, 4.69) is 26.2 Å². The molecular weight excluding hydrogens is 310 g/mol. The Bertz CT molecular complexity index is 652. The quantitative estimate of drug-likeness (QED) is 0.887. The van der Waals surface area contributed by atoms with Crippen LogP contribution in [0.4, 0.5) is 0 Å². The van der Waals surface area contributed by atoms with E-state index in [1.807, 2.05) is 0 Å². The van der Waals surface area contributed by atoms with Crippen molar-refractivity contribution in [1.82, 2.24) is 14.7 Å². The van der Waals surface area contributed by atoms with Gasteiger partial charge in [0.15, 0.2) is 0 Å². The highest BCUT2D eigenvalue weighted by atomic mass is 79.9. The molecule has 6 heteroatoms. The summed E-state index contributed by atoms with van der Waals surface area (Å²) in [6, 6.07) is 3.61. The third-order valence-corrected chi connectivity index (χ3v) is 3.34. The molecule has 0 saturated carbocycles. The minimum Gasteiger partial charge on any atom is -0.392 e. The number of aliphatic hydroxyl groups is 1. The summed E-state index contributed by atoms with van der Waals surface area (Å²) in [5.41, 5.74) is 1.88. The lowest BCUT2D eigenvalue weighted by molar-refractivity contribution is 0.191. The summed E-state index contributed by atoms with van der Waals surface area (Å²) in [6.45, 7) is 4.41. The van der Waals surface area contributed by atoms with Gasteiger partial charge in [0, 0.05) is 29.3 Å². The third kappa shape index (κ3) is 3.20. The molecule has 0 aliphatic rings. The van der Waals surface area contributed by atoms with Gasteiger partial charge >= 0.3 is 0 Å². The minimum absolute atomic E-state index is 0.0636. The lowest BCUT2D eigenvalue weighted by Crippen LogP contribution is -2.27. The Morgan fingerprint density at radius 1 is 1.58 bits per heavy atom. The van der Waals surface area contributed by atoms with E-state index >= 15 is 0 Å². The molecule has 19 heavy (non-hydrogen) atoms. The smallest absolute Gasteiger partial charge is 0.261 e. The Kier molecular flexibility index (Phi) is 4.34. The van der Waals surface area contributed by atoms with Gasteiger partial charge in [0.1, 0.15) is 5.65 Å². The largest absolute Gasteiger partial charge is 0.392 e. The van der Waals surface area contributed by atoms with Crippen LogP contribution in [0.1, 0.15) is 18.2 Å². The molecule has 0 spiro atoms. The van der Waals surface area contributed by atoms with Crippen molar-refractivity contribution in [2.75, 3.05) is 6.54 Å². The van der Waals surface area contributed by atoms with Crippen molar-refractivity contribution >= 4 is 21.6 Å². The number of rotatable bonds is 4. The lowest BCUT2D eigenvalue weighted by atomic mass is 10.2. The molecule has 0 saturated heterocycles. The van der Waals surface area contributed by atoms with Gasteiger partial charge in [-0.3, -0.25) is 9.20 Å². The SMILES string of the molecule is Cc1c(CNC[C@H](C)O)nc2cc(Br)ccn2c1=O. The van der Waals surface area contributed by atoms with Crippen LogP contribution >= 0.6 is 15.9 Å². The number of hydrogen-bond acceptors (Lipinski definition) is 4. The molecule has 0 aliphatic heterocycles. The first-order valence-corrected chi connectivity index (χ1v) is 6.84. The van der Waals surface area contributed by atoms with E-state index in [9.17, 15) is 9.90 Å². The number of halogens is 1. The topological polar surface area (TPSA) is 66.6 Å². The Morgan fingerprint density at radius 3 is 3.00 bits per heavy atom. The van der Waals surface area contributed by atoms with Gasteiger partial charge in [0.05, 0.1) is 11.8 Å². The number of nitrogens with zero attached hydrogens (tertiary/aromatic N) is 2. The van der Waals surface area contributed by atoms with Gasteiger partial charge in [0.25, 0.3) is 5.56 Å². The molecule has 2 heterocycles. The summed E-state index contributed by atoms with van der Waals surface area (Å²) in [4.78, 5) is 16.7. The van der Waals surface area contributed by atoms with Crippen LogP contribution in [0.5, 0.6) is 0 Å². The second-order valence-electron chi connectivity index (χ2n) is 4.54. The molecule has 102 valence electrons. The number of nitrogens with one attached hydrogen (secondary N) is 1. The van der Waals surface area contributed by atoms with Crippen LogP contribution < -0.4 is 10.9 Å². The van der Waals surface area contributed by atoms with Crippen molar-refractivity contribution in [3.8, 4) is 0 Å². The molecule has 2 rings (SSSR count). The van der Waals surface area contributed by atoms with Gasteiger partial charge in [-0.15, -0.1) is 0 Å². The molecular formula is C13H16BrN3O2. The molecule has 0 aliphatic carbocycles. The zero-order valence-electron chi connectivity index (χ0n) is 10.9. The summed E-state index contributed by atoms with van der Waals surface area (Å²) in [7, 11) is 0. The highest BCUT2D eigenvalue weighted by Crippen LogP contribution is 2.11. The van der Waals surface area contributed by atoms with Gasteiger partial charge in [-0.2, -0.15) is 0 Å². The summed E-state index contributed by atoms with van der Waals surface area (Å²) in [6.07, 6.45) is 1.28. The molecule has 2 N–H and O–H groups in total. The van der Waals surface area contributed by atoms with Gasteiger partial charge in [-0.05, 0) is 26.0 Å². The Balaban J connectivity index is 2.39. The number of pyridine rings is 1. The fourth-order valence-corrected chi connectivity index (χ4v) is 2.14. The summed E-state index contributed by atoms with van der Waals surface area (Å²) in [5.74, 6) is 0. The summed E-state index contributed by atoms with van der Waals surface area (Å²) >= 11 is 3.37. The fourth-order valence-electron chi connectivity index (χ4n) is 1.82. The predicted octanol–water partition coefficient (Wildman–Crippen LogP) is 1.24. The first kappa shape index (κ1) is 14.2. The van der Waals surface area contributed by atoms with Crippen LogP contribution in [0.3, 0.4) is 0 Å². The maximum atomic E-state index is 12.2. The number of aliphatic hydroxyl groups excluding tert-OH is 1. The average Bonchev–Trinajstić information content (AvgIpc) is 2.34. The van der Waals surface area contributed by atoms with Crippen molar-refractivity contribution in [2.24, 2.45) is 0 Å². The fraction of sp³-hybridized carbons (Fsp3) is 0.385. The average molecular weight is 326 g/mol. The molecule has 0 radical (unpaired) electrons. The first-order valence-electron chi connectivity index (χ1n) is 6.05. The van der Waals surface area contributed by atoms with Gasteiger partial charge in [-0.1, -0.05) is 15.9 Å². The predicted molar refractivity (Wildman–Crippen MR) is 77.3 cm³/mol. The Morgan fingerprint density at radius 2 is 2.32 bits per heavy atom. The highest BCUT2D eigenvalue weighted by molar-refractivity contribution is 9.10. The van der Waals surface area contributed by atoms with Crippen molar-refractivity contribution in [3.63, 3.8) is 0 Å². The molecule has 2 aromatic rings. The van der Waals surface area contributed by atoms with Crippen molar-refractivity contribution in [3.05, 3.63) is 44.4 Å². The van der Waals surface area contributed by atoms with Crippen LogP contribution in [0.15, 0.2) is 27.6 Å². The second kappa shape index (κ2) is 5.81. The van der Waals surface area contributed by atoms with E-state index in [1.54, 1.807) is 32.2 Å². The van der Waals surface area contributed by atoms with Crippen LogP contribution in [0, 0.1) is 6.92 Å². The van der Waals surface area contributed by atoms with Crippen molar-refractivity contribution < 1.29 is 5.11 Å². The van der Waals surface area contributed by atoms with E-state index in [0.29, 0.717) is 30.0 Å². The zero-order chi connectivity index (χ0) is 14.0. The lowest BCUT2D eigenvalue weighted by Gasteiger charge is -2.10. The molecule has 1 atom stereocenters. The zero-order valence-corrected chi connectivity index (χ0v) is 12.4. The first-order chi connectivity index (χ1) is 8.99. The molecule has 2 aromatic heterocycles. The van der Waals surface area contributed by atoms with E-state index in [1.165, 1.54) is 4.40 Å². The summed E-state index contributed by atoms with van der Waals surface area (Å²) < 4.78 is 2.41.